The van der Waals surface area contributed by atoms with Crippen molar-refractivity contribution in [1.82, 2.24) is 14.6 Å². The molecule has 0 saturated carbocycles. The Morgan fingerprint density at radius 1 is 1.32 bits per heavy atom. The van der Waals surface area contributed by atoms with Gasteiger partial charge in [-0.25, -0.2) is 14.6 Å². The Morgan fingerprint density at radius 2 is 1.95 bits per heavy atom. The van der Waals surface area contributed by atoms with E-state index >= 15 is 0 Å². The molecule has 0 aromatic carbocycles. The van der Waals surface area contributed by atoms with E-state index in [1.165, 1.54) is 19.2 Å². The molecule has 1 saturated heterocycles. The van der Waals surface area contributed by atoms with Crippen molar-refractivity contribution in [3.8, 4) is 0 Å². The first kappa shape index (κ1) is 30.1. The van der Waals surface area contributed by atoms with Crippen LogP contribution in [0.25, 0.3) is 0 Å². The molecule has 18 heteroatoms. The lowest BCUT2D eigenvalue weighted by molar-refractivity contribution is -0.167. The molecule has 0 aliphatic carbocycles. The van der Waals surface area contributed by atoms with Gasteiger partial charge in [0.25, 0.3) is 11.8 Å². The van der Waals surface area contributed by atoms with E-state index in [1.54, 1.807) is 0 Å². The summed E-state index contributed by atoms with van der Waals surface area (Å²) in [4.78, 5) is 59.2. The van der Waals surface area contributed by atoms with Crippen LogP contribution in [0.4, 0.5) is 5.13 Å². The van der Waals surface area contributed by atoms with Crippen molar-refractivity contribution in [2.24, 2.45) is 5.16 Å². The Balaban J connectivity index is 2.27. The van der Waals surface area contributed by atoms with Gasteiger partial charge in [-0.05, 0) is 19.9 Å². The summed E-state index contributed by atoms with van der Waals surface area (Å²) in [5, 5.41) is 7.31. The molecule has 206 valence electrons. The maximum atomic E-state index is 13.0. The molecule has 1 fully saturated rings. The van der Waals surface area contributed by atoms with Gasteiger partial charge >= 0.3 is 22.2 Å². The molecule has 1 aliphatic rings. The van der Waals surface area contributed by atoms with Crippen molar-refractivity contribution >= 4 is 64.3 Å². The van der Waals surface area contributed by atoms with E-state index in [0.717, 1.165) is 24.5 Å². The van der Waals surface area contributed by atoms with Crippen LogP contribution >= 0.6 is 11.3 Å². The summed E-state index contributed by atoms with van der Waals surface area (Å²) in [6.07, 6.45) is 0. The summed E-state index contributed by atoms with van der Waals surface area (Å²) in [6, 6.07) is -2.86. The molecule has 2 amide bonds. The zero-order valence-electron chi connectivity index (χ0n) is 21.0. The topological polar surface area (TPSA) is 217 Å². The smallest absolute Gasteiger partial charge is 0.363 e. The SMILES string of the molecule is COC(=O)C1C(NC(=O)C(=NOC(C)(C)C(=O)OCC[Si](C)(C)C)c2csc(N)n2)C(=O)N1S(=O)(=O)O. The third-order valence-electron chi connectivity index (χ3n) is 4.95. The van der Waals surface area contributed by atoms with E-state index in [0.29, 0.717) is 0 Å². The van der Waals surface area contributed by atoms with E-state index < -0.39 is 65.5 Å². The minimum Gasteiger partial charge on any atom is -0.467 e. The molecule has 2 atom stereocenters. The fraction of sp³-hybridized carbons (Fsp3) is 0.579. The van der Waals surface area contributed by atoms with Crippen LogP contribution in [0.3, 0.4) is 0 Å². The molecule has 4 N–H and O–H groups in total. The number of β-lactam (4-membered cyclic amide) rings is 1. The number of hydrogen-bond acceptors (Lipinski definition) is 13. The lowest BCUT2D eigenvalue weighted by Crippen LogP contribution is -2.74. The zero-order valence-corrected chi connectivity index (χ0v) is 23.6. The van der Waals surface area contributed by atoms with Crippen molar-refractivity contribution in [1.29, 1.82) is 0 Å². The number of nitrogens with two attached hydrogens (primary N) is 1. The number of amides is 2. The van der Waals surface area contributed by atoms with Crippen molar-refractivity contribution < 1.29 is 46.5 Å². The molecule has 1 aliphatic heterocycles. The van der Waals surface area contributed by atoms with E-state index in [1.807, 2.05) is 0 Å². The number of carbonyl (C=O) groups is 4. The number of thiazole rings is 1. The van der Waals surface area contributed by atoms with Crippen LogP contribution in [0, 0.1) is 0 Å². The first-order valence-corrected chi connectivity index (χ1v) is 16.7. The summed E-state index contributed by atoms with van der Waals surface area (Å²) in [5.74, 6) is -4.36. The number of carbonyl (C=O) groups excluding carboxylic acids is 4. The van der Waals surface area contributed by atoms with Gasteiger partial charge < -0.3 is 25.4 Å². The number of nitrogen functional groups attached to an aromatic ring is 1. The highest BCUT2D eigenvalue weighted by atomic mass is 32.2. The number of ether oxygens (including phenoxy) is 2. The van der Waals surface area contributed by atoms with Gasteiger partial charge in [0.15, 0.2) is 16.9 Å². The fourth-order valence-corrected chi connectivity index (χ4v) is 4.94. The van der Waals surface area contributed by atoms with E-state index in [-0.39, 0.29) is 21.7 Å². The first-order valence-electron chi connectivity index (χ1n) is 10.7. The molecule has 0 spiro atoms. The minimum atomic E-state index is -5.11. The van der Waals surface area contributed by atoms with E-state index in [2.05, 4.69) is 39.8 Å². The Kier molecular flexibility index (Phi) is 9.05. The Bertz CT molecular complexity index is 1210. The summed E-state index contributed by atoms with van der Waals surface area (Å²) in [5.41, 5.74) is 3.39. The predicted octanol–water partition coefficient (Wildman–Crippen LogP) is -0.223. The van der Waals surface area contributed by atoms with Crippen LogP contribution in [0.1, 0.15) is 19.5 Å². The number of aromatic nitrogens is 1. The van der Waals surface area contributed by atoms with Gasteiger partial charge in [0, 0.05) is 13.5 Å². The second-order valence-electron chi connectivity index (χ2n) is 9.59. The maximum absolute atomic E-state index is 13.0. The summed E-state index contributed by atoms with van der Waals surface area (Å²) >= 11 is 0.956. The second-order valence-corrected chi connectivity index (χ2v) is 17.4. The van der Waals surface area contributed by atoms with Crippen molar-refractivity contribution in [3.05, 3.63) is 11.1 Å². The Labute approximate surface area is 218 Å². The number of oxime groups is 1. The zero-order chi connectivity index (χ0) is 28.3. The van der Waals surface area contributed by atoms with Gasteiger partial charge in [-0.1, -0.05) is 24.8 Å². The highest BCUT2D eigenvalue weighted by Gasteiger charge is 2.58. The average molecular weight is 580 g/mol. The largest absolute Gasteiger partial charge is 0.467 e. The Hall–Kier alpha value is -3.09. The summed E-state index contributed by atoms with van der Waals surface area (Å²) < 4.78 is 41.8. The molecule has 2 rings (SSSR count). The third-order valence-corrected chi connectivity index (χ3v) is 8.23. The highest BCUT2D eigenvalue weighted by Crippen LogP contribution is 2.25. The lowest BCUT2D eigenvalue weighted by atomic mass is 9.98. The molecular formula is C19H29N5O10S2Si. The first-order chi connectivity index (χ1) is 16.9. The van der Waals surface area contributed by atoms with Crippen molar-refractivity contribution in [3.63, 3.8) is 0 Å². The number of hydrogen-bond donors (Lipinski definition) is 3. The van der Waals surface area contributed by atoms with Crippen LogP contribution in [-0.2, 0) is 43.8 Å². The molecule has 1 aromatic heterocycles. The minimum absolute atomic E-state index is 0.0604. The van der Waals surface area contributed by atoms with Gasteiger partial charge in [-0.3, -0.25) is 14.1 Å². The number of esters is 2. The number of nitrogens with one attached hydrogen (secondary N) is 1. The molecule has 37 heavy (non-hydrogen) atoms. The third kappa shape index (κ3) is 7.46. The number of rotatable bonds is 11. The van der Waals surface area contributed by atoms with Crippen molar-refractivity contribution in [2.75, 3.05) is 19.5 Å². The molecule has 0 radical (unpaired) electrons. The van der Waals surface area contributed by atoms with Crippen LogP contribution in [0.2, 0.25) is 25.7 Å². The summed E-state index contributed by atoms with van der Waals surface area (Å²) in [7, 11) is -5.65. The normalized spacial score (nSPS) is 18.6. The monoisotopic (exact) mass is 579 g/mol. The predicted molar refractivity (Wildman–Crippen MR) is 133 cm³/mol. The molecule has 0 bridgehead atoms. The Morgan fingerprint density at radius 3 is 2.43 bits per heavy atom. The number of nitrogens with zero attached hydrogens (tertiary/aromatic N) is 3. The standard InChI is InChI=1S/C19H29N5O10S2Si/c1-19(2,17(28)33-7-8-37(4,5)6)34-23-11(10-9-35-18(20)21-10)14(25)22-12-13(16(27)32-3)24(15(12)26)36(29,30)31/h9,12-13H,7-8H2,1-6H3,(H2,20,21)(H,22,25)(H,29,30,31). The van der Waals surface area contributed by atoms with E-state index in [4.69, 9.17) is 15.3 Å². The number of methoxy groups -OCH3 is 1. The average Bonchev–Trinajstić information content (AvgIpc) is 3.18. The van der Waals surface area contributed by atoms with Crippen LogP contribution in [0.5, 0.6) is 0 Å². The van der Waals surface area contributed by atoms with Gasteiger partial charge in [-0.15, -0.1) is 11.3 Å². The lowest BCUT2D eigenvalue weighted by Gasteiger charge is -2.41. The van der Waals surface area contributed by atoms with Crippen LogP contribution < -0.4 is 11.1 Å². The van der Waals surface area contributed by atoms with Gasteiger partial charge in [0.1, 0.15) is 11.7 Å². The maximum Gasteiger partial charge on any atom is 0.363 e. The molecule has 2 unspecified atom stereocenters. The molecule has 1 aromatic rings. The van der Waals surface area contributed by atoms with Crippen LogP contribution in [0.15, 0.2) is 10.5 Å². The van der Waals surface area contributed by atoms with Gasteiger partial charge in [0.05, 0.1) is 13.7 Å². The highest BCUT2D eigenvalue weighted by molar-refractivity contribution is 7.84. The van der Waals surface area contributed by atoms with Gasteiger partial charge in [-0.2, -0.15) is 12.7 Å². The number of anilines is 1. The van der Waals surface area contributed by atoms with Gasteiger partial charge in [0.2, 0.25) is 5.60 Å². The van der Waals surface area contributed by atoms with Crippen LogP contribution in [-0.4, -0.2) is 91.2 Å². The molecular weight excluding hydrogens is 550 g/mol. The second kappa shape index (κ2) is 11.1. The molecule has 2 heterocycles. The van der Waals surface area contributed by atoms with Crippen molar-refractivity contribution in [2.45, 2.75) is 57.2 Å². The van der Waals surface area contributed by atoms with E-state index in [9.17, 15) is 32.1 Å². The fourth-order valence-electron chi connectivity index (χ4n) is 2.84. The molecule has 15 nitrogen and oxygen atoms in total. The quantitative estimate of drug-likeness (QED) is 0.0774. The summed E-state index contributed by atoms with van der Waals surface area (Å²) in [6.45, 7) is 9.26.